The highest BCUT2D eigenvalue weighted by Crippen LogP contribution is 2.35. The summed E-state index contributed by atoms with van der Waals surface area (Å²) < 4.78 is 32.4. The lowest BCUT2D eigenvalue weighted by molar-refractivity contribution is 0.0443. The van der Waals surface area contributed by atoms with Crippen LogP contribution in [-0.2, 0) is 21.6 Å². The van der Waals surface area contributed by atoms with E-state index in [1.807, 2.05) is 61.6 Å². The molecule has 0 N–H and O–H groups in total. The number of benzene rings is 2. The molecule has 2 fully saturated rings. The third kappa shape index (κ3) is 3.84. The number of aryl methyl sites for hydroxylation is 1. The first-order chi connectivity index (χ1) is 15.4. The molecule has 0 saturated carbocycles. The second-order valence-electron chi connectivity index (χ2n) is 8.82. The summed E-state index contributed by atoms with van der Waals surface area (Å²) in [5.41, 5.74) is 3.43. The van der Waals surface area contributed by atoms with Crippen LogP contribution in [0, 0.1) is 0 Å². The first-order valence-electron chi connectivity index (χ1n) is 11.2. The molecule has 2 aliphatic rings. The molecule has 7 heteroatoms. The van der Waals surface area contributed by atoms with E-state index in [9.17, 15) is 13.2 Å². The second-order valence-corrected chi connectivity index (χ2v) is 11.0. The van der Waals surface area contributed by atoms with Crippen molar-refractivity contribution < 1.29 is 17.9 Å². The molecule has 2 aromatic carbocycles. The van der Waals surface area contributed by atoms with Gasteiger partial charge in [0.05, 0.1) is 28.9 Å². The number of para-hydroxylation sites is 1. The Morgan fingerprint density at radius 1 is 1.09 bits per heavy atom. The lowest BCUT2D eigenvalue weighted by Crippen LogP contribution is -2.45. The fourth-order valence-corrected chi connectivity index (χ4v) is 6.84. The maximum Gasteiger partial charge on any atom is 0.257 e. The quantitative estimate of drug-likeness (QED) is 0.593. The molecule has 3 heterocycles. The Hall–Kier alpha value is -2.64. The number of hydrogen-bond acceptors (Lipinski definition) is 4. The largest absolute Gasteiger partial charge is 0.376 e. The molecule has 1 amide bonds. The lowest BCUT2D eigenvalue weighted by atomic mass is 10.0. The molecule has 2 aliphatic heterocycles. The molecular weight excluding hydrogens is 424 g/mol. The number of rotatable bonds is 5. The van der Waals surface area contributed by atoms with Crippen molar-refractivity contribution in [3.05, 3.63) is 60.2 Å². The van der Waals surface area contributed by atoms with Crippen LogP contribution in [0.15, 0.2) is 54.6 Å². The molecule has 168 valence electrons. The first-order valence-corrected chi connectivity index (χ1v) is 13.0. The maximum atomic E-state index is 14.2. The molecule has 0 radical (unpaired) electrons. The lowest BCUT2D eigenvalue weighted by Gasteiger charge is -2.31. The van der Waals surface area contributed by atoms with Crippen molar-refractivity contribution in [2.45, 2.75) is 31.4 Å². The summed E-state index contributed by atoms with van der Waals surface area (Å²) in [6, 6.07) is 17.5. The van der Waals surface area contributed by atoms with Gasteiger partial charge < -0.3 is 14.2 Å². The van der Waals surface area contributed by atoms with Gasteiger partial charge >= 0.3 is 0 Å². The first kappa shape index (κ1) is 21.2. The molecule has 0 bridgehead atoms. The highest BCUT2D eigenvalue weighted by Gasteiger charge is 2.38. The van der Waals surface area contributed by atoms with E-state index in [1.54, 1.807) is 4.90 Å². The minimum Gasteiger partial charge on any atom is -0.376 e. The number of fused-ring (bicyclic) bond motifs is 1. The van der Waals surface area contributed by atoms with Crippen molar-refractivity contribution in [3.8, 4) is 11.3 Å². The van der Waals surface area contributed by atoms with Crippen molar-refractivity contribution in [2.24, 2.45) is 7.05 Å². The van der Waals surface area contributed by atoms with E-state index in [0.29, 0.717) is 25.1 Å². The van der Waals surface area contributed by atoms with Crippen LogP contribution in [0.2, 0.25) is 0 Å². The molecule has 6 nitrogen and oxygen atoms in total. The molecular formula is C25H28N2O4S. The van der Waals surface area contributed by atoms with Crippen LogP contribution in [0.25, 0.3) is 22.2 Å². The molecule has 5 rings (SSSR count). The van der Waals surface area contributed by atoms with E-state index in [1.165, 1.54) is 0 Å². The predicted molar refractivity (Wildman–Crippen MR) is 125 cm³/mol. The molecule has 2 saturated heterocycles. The number of carbonyl (C=O) groups is 1. The van der Waals surface area contributed by atoms with Crippen LogP contribution in [0.4, 0.5) is 0 Å². The van der Waals surface area contributed by atoms with E-state index in [-0.39, 0.29) is 29.6 Å². The van der Waals surface area contributed by atoms with Gasteiger partial charge in [0.2, 0.25) is 0 Å². The number of hydrogen-bond donors (Lipinski definition) is 0. The molecule has 32 heavy (non-hydrogen) atoms. The second kappa shape index (κ2) is 8.37. The average molecular weight is 453 g/mol. The summed E-state index contributed by atoms with van der Waals surface area (Å²) in [6.45, 7) is 1.12. The fourth-order valence-electron chi connectivity index (χ4n) is 5.11. The topological polar surface area (TPSA) is 68.6 Å². The van der Waals surface area contributed by atoms with Gasteiger partial charge in [-0.15, -0.1) is 0 Å². The zero-order valence-corrected chi connectivity index (χ0v) is 19.1. The van der Waals surface area contributed by atoms with Crippen LogP contribution in [0.5, 0.6) is 0 Å². The van der Waals surface area contributed by atoms with Gasteiger partial charge in [0.1, 0.15) is 0 Å². The third-order valence-electron chi connectivity index (χ3n) is 6.70. The maximum absolute atomic E-state index is 14.2. The third-order valence-corrected chi connectivity index (χ3v) is 8.45. The number of sulfone groups is 1. The van der Waals surface area contributed by atoms with E-state index in [2.05, 4.69) is 4.57 Å². The minimum atomic E-state index is -3.13. The summed E-state index contributed by atoms with van der Waals surface area (Å²) in [4.78, 5) is 16.0. The highest BCUT2D eigenvalue weighted by molar-refractivity contribution is 7.91. The minimum absolute atomic E-state index is 0.0247. The summed E-state index contributed by atoms with van der Waals surface area (Å²) in [7, 11) is -1.15. The van der Waals surface area contributed by atoms with Gasteiger partial charge in [-0.25, -0.2) is 8.42 Å². The van der Waals surface area contributed by atoms with E-state index >= 15 is 0 Å². The Kier molecular flexibility index (Phi) is 5.55. The van der Waals surface area contributed by atoms with Gasteiger partial charge in [0, 0.05) is 37.1 Å². The van der Waals surface area contributed by atoms with Crippen molar-refractivity contribution in [2.75, 3.05) is 24.7 Å². The van der Waals surface area contributed by atoms with Gasteiger partial charge in [0.15, 0.2) is 9.84 Å². The van der Waals surface area contributed by atoms with Gasteiger partial charge in [-0.3, -0.25) is 4.79 Å². The molecule has 0 unspecified atom stereocenters. The number of ether oxygens (including phenoxy) is 1. The Morgan fingerprint density at radius 3 is 2.53 bits per heavy atom. The van der Waals surface area contributed by atoms with Crippen LogP contribution in [-0.4, -0.2) is 60.6 Å². The summed E-state index contributed by atoms with van der Waals surface area (Å²) >= 11 is 0. The molecule has 3 aromatic rings. The van der Waals surface area contributed by atoms with Crippen molar-refractivity contribution in [3.63, 3.8) is 0 Å². The number of nitrogens with zero attached hydrogens (tertiary/aromatic N) is 2. The normalized spacial score (nSPS) is 22.4. The average Bonchev–Trinajstić information content (AvgIpc) is 3.50. The Balaban J connectivity index is 1.64. The predicted octanol–water partition coefficient (Wildman–Crippen LogP) is 3.65. The van der Waals surface area contributed by atoms with Crippen LogP contribution >= 0.6 is 0 Å². The van der Waals surface area contributed by atoms with Crippen LogP contribution in [0.3, 0.4) is 0 Å². The Bertz CT molecular complexity index is 1240. The Labute approximate surface area is 188 Å². The zero-order valence-electron chi connectivity index (χ0n) is 18.2. The van der Waals surface area contributed by atoms with Gasteiger partial charge in [0.25, 0.3) is 5.91 Å². The van der Waals surface area contributed by atoms with Crippen LogP contribution < -0.4 is 0 Å². The van der Waals surface area contributed by atoms with E-state index < -0.39 is 9.84 Å². The molecule has 0 spiro atoms. The Morgan fingerprint density at radius 2 is 1.84 bits per heavy atom. The van der Waals surface area contributed by atoms with Crippen molar-refractivity contribution in [1.29, 1.82) is 0 Å². The SMILES string of the molecule is Cn1c(-c2ccccc2)c(C(=O)N(C[C@@H]2CCCO2)[C@@H]2CCS(=O)(=O)C2)c2ccccc21. The smallest absolute Gasteiger partial charge is 0.257 e. The molecule has 0 aliphatic carbocycles. The number of aromatic nitrogens is 1. The molecule has 2 atom stereocenters. The number of carbonyl (C=O) groups excluding carboxylic acids is 1. The number of amides is 1. The highest BCUT2D eigenvalue weighted by atomic mass is 32.2. The summed E-state index contributed by atoms with van der Waals surface area (Å²) in [6.07, 6.45) is 2.30. The fraction of sp³-hybridized carbons (Fsp3) is 0.400. The van der Waals surface area contributed by atoms with E-state index in [0.717, 1.165) is 35.0 Å². The summed E-state index contributed by atoms with van der Waals surface area (Å²) in [5.74, 6) is 0.0450. The monoisotopic (exact) mass is 452 g/mol. The van der Waals surface area contributed by atoms with E-state index in [4.69, 9.17) is 4.74 Å². The van der Waals surface area contributed by atoms with Gasteiger partial charge in [-0.2, -0.15) is 0 Å². The molecule has 1 aromatic heterocycles. The summed E-state index contributed by atoms with van der Waals surface area (Å²) in [5, 5.41) is 0.886. The standard InChI is InChI=1S/C25H28N2O4S/c1-26-22-12-6-5-11-21(22)23(24(26)18-8-3-2-4-9-18)25(28)27(16-20-10-7-14-31-20)19-13-15-32(29,30)17-19/h2-6,8-9,11-12,19-20H,7,10,13-17H2,1H3/t19-,20+/m1/s1. The van der Waals surface area contributed by atoms with Crippen molar-refractivity contribution >= 4 is 26.6 Å². The zero-order chi connectivity index (χ0) is 22.3. The van der Waals surface area contributed by atoms with Crippen LogP contribution in [0.1, 0.15) is 29.6 Å². The van der Waals surface area contributed by atoms with Crippen molar-refractivity contribution in [1.82, 2.24) is 9.47 Å². The van der Waals surface area contributed by atoms with Gasteiger partial charge in [-0.05, 0) is 30.9 Å². The van der Waals surface area contributed by atoms with Gasteiger partial charge in [-0.1, -0.05) is 48.5 Å².